The number of halogens is 3. The predicted molar refractivity (Wildman–Crippen MR) is 78.3 cm³/mol. The molecule has 0 N–H and O–H groups in total. The molecule has 0 fully saturated rings. The van der Waals surface area contributed by atoms with Gasteiger partial charge in [0.15, 0.2) is 11.5 Å². The van der Waals surface area contributed by atoms with Crippen LogP contribution in [0.3, 0.4) is 0 Å². The lowest BCUT2D eigenvalue weighted by molar-refractivity contribution is 0.351. The Kier molecular flexibility index (Phi) is 4.68. The largest absolute Gasteiger partial charge is 0.493 e. The number of methoxy groups -OCH3 is 2. The molecule has 5 heteroatoms. The summed E-state index contributed by atoms with van der Waals surface area (Å²) in [5.41, 5.74) is 1.41. The van der Waals surface area contributed by atoms with E-state index in [9.17, 15) is 8.78 Å². The van der Waals surface area contributed by atoms with Crippen LogP contribution < -0.4 is 9.47 Å². The highest BCUT2D eigenvalue weighted by molar-refractivity contribution is 6.22. The first-order valence-corrected chi connectivity index (χ1v) is 6.72. The summed E-state index contributed by atoms with van der Waals surface area (Å²) in [4.78, 5) is 0. The van der Waals surface area contributed by atoms with Crippen molar-refractivity contribution >= 4 is 11.6 Å². The highest BCUT2D eigenvalue weighted by Crippen LogP contribution is 2.37. The molecule has 0 amide bonds. The third-order valence-corrected chi connectivity index (χ3v) is 3.62. The van der Waals surface area contributed by atoms with Crippen molar-refractivity contribution < 1.29 is 18.3 Å². The van der Waals surface area contributed by atoms with Crippen molar-refractivity contribution in [3.8, 4) is 11.5 Å². The van der Waals surface area contributed by atoms with Crippen LogP contribution in [-0.4, -0.2) is 14.2 Å². The van der Waals surface area contributed by atoms with E-state index in [1.807, 2.05) is 0 Å². The number of alkyl halides is 1. The van der Waals surface area contributed by atoms with Gasteiger partial charge in [0.05, 0.1) is 19.6 Å². The minimum Gasteiger partial charge on any atom is -0.493 e. The summed E-state index contributed by atoms with van der Waals surface area (Å²) in [7, 11) is 2.88. The lowest BCUT2D eigenvalue weighted by atomic mass is 10.0. The number of rotatable bonds is 4. The second kappa shape index (κ2) is 6.31. The van der Waals surface area contributed by atoms with Gasteiger partial charge in [-0.25, -0.2) is 8.78 Å². The molecular formula is C16H15ClF2O2. The van der Waals surface area contributed by atoms with Gasteiger partial charge in [-0.2, -0.15) is 0 Å². The maximum absolute atomic E-state index is 14.2. The van der Waals surface area contributed by atoms with E-state index >= 15 is 0 Å². The quantitative estimate of drug-likeness (QED) is 0.767. The summed E-state index contributed by atoms with van der Waals surface area (Å²) in [6, 6.07) is 7.07. The Morgan fingerprint density at radius 1 is 0.952 bits per heavy atom. The topological polar surface area (TPSA) is 18.5 Å². The predicted octanol–water partition coefficient (Wildman–Crippen LogP) is 4.62. The second-order valence-corrected chi connectivity index (χ2v) is 5.09. The Bertz CT molecular complexity index is 639. The smallest absolute Gasteiger partial charge is 0.163 e. The van der Waals surface area contributed by atoms with Crippen LogP contribution in [0, 0.1) is 18.6 Å². The highest BCUT2D eigenvalue weighted by Gasteiger charge is 2.20. The zero-order valence-corrected chi connectivity index (χ0v) is 12.7. The fourth-order valence-corrected chi connectivity index (χ4v) is 2.45. The summed E-state index contributed by atoms with van der Waals surface area (Å²) in [6.45, 7) is 1.75. The van der Waals surface area contributed by atoms with Crippen molar-refractivity contribution in [3.05, 3.63) is 58.7 Å². The minimum absolute atomic E-state index is 0.208. The van der Waals surface area contributed by atoms with Gasteiger partial charge in [-0.1, -0.05) is 6.07 Å². The van der Waals surface area contributed by atoms with Crippen LogP contribution in [0.15, 0.2) is 30.3 Å². The first kappa shape index (κ1) is 15.6. The van der Waals surface area contributed by atoms with Crippen LogP contribution in [0.5, 0.6) is 11.5 Å². The Morgan fingerprint density at radius 2 is 1.57 bits per heavy atom. The standard InChI is InChI=1S/C16H15ClF2O2/c1-9-4-10(6-11(18)5-9)16(17)12-7-14(20-2)15(21-3)8-13(12)19/h4-8,16H,1-3H3. The third kappa shape index (κ3) is 3.27. The Hall–Kier alpha value is -1.81. The molecule has 0 heterocycles. The molecule has 2 nitrogen and oxygen atoms in total. The maximum Gasteiger partial charge on any atom is 0.163 e. The molecule has 1 atom stereocenters. The molecule has 21 heavy (non-hydrogen) atoms. The van der Waals surface area contributed by atoms with Crippen molar-refractivity contribution in [1.82, 2.24) is 0 Å². The molecule has 0 saturated heterocycles. The number of hydrogen-bond acceptors (Lipinski definition) is 2. The van der Waals surface area contributed by atoms with Crippen molar-refractivity contribution in [2.75, 3.05) is 14.2 Å². The molecule has 1 unspecified atom stereocenters. The molecule has 2 aromatic rings. The Balaban J connectivity index is 2.49. The average molecular weight is 313 g/mol. The number of hydrogen-bond donors (Lipinski definition) is 0. The van der Waals surface area contributed by atoms with Gasteiger partial charge < -0.3 is 9.47 Å². The molecule has 2 aromatic carbocycles. The molecule has 0 bridgehead atoms. The van der Waals surface area contributed by atoms with Crippen LogP contribution in [0.4, 0.5) is 8.78 Å². The molecule has 0 aliphatic heterocycles. The van der Waals surface area contributed by atoms with E-state index in [2.05, 4.69) is 0 Å². The normalized spacial score (nSPS) is 12.1. The van der Waals surface area contributed by atoms with Crippen LogP contribution in [0.2, 0.25) is 0 Å². The molecule has 0 spiro atoms. The van der Waals surface area contributed by atoms with E-state index in [-0.39, 0.29) is 11.3 Å². The third-order valence-electron chi connectivity index (χ3n) is 3.13. The summed E-state index contributed by atoms with van der Waals surface area (Å²) < 4.78 is 37.8. The van der Waals surface area contributed by atoms with E-state index < -0.39 is 17.0 Å². The minimum atomic E-state index is -0.820. The van der Waals surface area contributed by atoms with Gasteiger partial charge in [0.2, 0.25) is 0 Å². The molecule has 2 rings (SSSR count). The van der Waals surface area contributed by atoms with E-state index in [0.717, 1.165) is 5.56 Å². The van der Waals surface area contributed by atoms with Gasteiger partial charge in [-0.15, -0.1) is 11.6 Å². The average Bonchev–Trinajstić information content (AvgIpc) is 2.45. The molecule has 0 aliphatic carbocycles. The zero-order valence-electron chi connectivity index (χ0n) is 11.9. The maximum atomic E-state index is 14.2. The van der Waals surface area contributed by atoms with Gasteiger partial charge in [0.1, 0.15) is 11.6 Å². The lowest BCUT2D eigenvalue weighted by Gasteiger charge is -2.15. The summed E-state index contributed by atoms with van der Waals surface area (Å²) in [5, 5.41) is -0.820. The van der Waals surface area contributed by atoms with E-state index in [1.165, 1.54) is 38.5 Å². The Labute approximate surface area is 127 Å². The van der Waals surface area contributed by atoms with Gasteiger partial charge in [-0.05, 0) is 36.2 Å². The van der Waals surface area contributed by atoms with Crippen LogP contribution in [0.25, 0.3) is 0 Å². The zero-order chi connectivity index (χ0) is 15.6. The molecule has 0 aliphatic rings. The SMILES string of the molecule is COc1cc(F)c(C(Cl)c2cc(C)cc(F)c2)cc1OC. The summed E-state index contributed by atoms with van der Waals surface area (Å²) in [6.07, 6.45) is 0. The summed E-state index contributed by atoms with van der Waals surface area (Å²) >= 11 is 6.30. The van der Waals surface area contributed by atoms with Crippen molar-refractivity contribution in [2.45, 2.75) is 12.3 Å². The van der Waals surface area contributed by atoms with E-state index in [4.69, 9.17) is 21.1 Å². The van der Waals surface area contributed by atoms with Gasteiger partial charge in [0, 0.05) is 11.6 Å². The van der Waals surface area contributed by atoms with Gasteiger partial charge in [0.25, 0.3) is 0 Å². The summed E-state index contributed by atoms with van der Waals surface area (Å²) in [5.74, 6) is -0.295. The van der Waals surface area contributed by atoms with Crippen LogP contribution in [0.1, 0.15) is 22.1 Å². The van der Waals surface area contributed by atoms with Crippen molar-refractivity contribution in [3.63, 3.8) is 0 Å². The highest BCUT2D eigenvalue weighted by atomic mass is 35.5. The van der Waals surface area contributed by atoms with Crippen molar-refractivity contribution in [1.29, 1.82) is 0 Å². The van der Waals surface area contributed by atoms with Crippen LogP contribution >= 0.6 is 11.6 Å². The monoisotopic (exact) mass is 312 g/mol. The first-order valence-electron chi connectivity index (χ1n) is 6.29. The lowest BCUT2D eigenvalue weighted by Crippen LogP contribution is -2.01. The number of ether oxygens (including phenoxy) is 2. The number of aryl methyl sites for hydroxylation is 1. The fourth-order valence-electron chi connectivity index (χ4n) is 2.15. The van der Waals surface area contributed by atoms with Crippen molar-refractivity contribution in [2.24, 2.45) is 0 Å². The van der Waals surface area contributed by atoms with E-state index in [0.29, 0.717) is 11.3 Å². The molecule has 112 valence electrons. The van der Waals surface area contributed by atoms with Crippen LogP contribution in [-0.2, 0) is 0 Å². The first-order chi connectivity index (χ1) is 9.96. The Morgan fingerprint density at radius 3 is 2.14 bits per heavy atom. The van der Waals surface area contributed by atoms with Gasteiger partial charge >= 0.3 is 0 Å². The van der Waals surface area contributed by atoms with E-state index in [1.54, 1.807) is 13.0 Å². The fraction of sp³-hybridized carbons (Fsp3) is 0.250. The van der Waals surface area contributed by atoms with Gasteiger partial charge in [-0.3, -0.25) is 0 Å². The molecule has 0 aromatic heterocycles. The molecular weight excluding hydrogens is 298 g/mol. The molecule has 0 saturated carbocycles. The number of benzene rings is 2. The molecule has 0 radical (unpaired) electrons. The second-order valence-electron chi connectivity index (χ2n) is 4.65.